The summed E-state index contributed by atoms with van der Waals surface area (Å²) in [4.78, 5) is 38.0. The molecule has 2 aromatic carbocycles. The third kappa shape index (κ3) is 6.13. The molecule has 0 radical (unpaired) electrons. The van der Waals surface area contributed by atoms with Crippen LogP contribution in [0.3, 0.4) is 0 Å². The van der Waals surface area contributed by atoms with Crippen molar-refractivity contribution in [3.63, 3.8) is 0 Å². The number of aliphatic hydroxyl groups excluding tert-OH is 2. The maximum atomic E-state index is 12.8. The van der Waals surface area contributed by atoms with Crippen LogP contribution in [-0.2, 0) is 11.3 Å². The van der Waals surface area contributed by atoms with Gasteiger partial charge < -0.3 is 20.2 Å². The third-order valence-corrected chi connectivity index (χ3v) is 5.86. The van der Waals surface area contributed by atoms with Crippen LogP contribution < -0.4 is 5.43 Å². The molecule has 0 saturated carbocycles. The van der Waals surface area contributed by atoms with Crippen molar-refractivity contribution in [2.75, 3.05) is 19.6 Å². The Labute approximate surface area is 206 Å². The molecule has 36 heavy (non-hydrogen) atoms. The average Bonchev–Trinajstić information content (AvgIpc) is 3.54. The van der Waals surface area contributed by atoms with Crippen LogP contribution in [0, 0.1) is 0 Å². The topological polar surface area (TPSA) is 159 Å². The van der Waals surface area contributed by atoms with Gasteiger partial charge in [0, 0.05) is 25.7 Å². The van der Waals surface area contributed by atoms with E-state index in [1.54, 1.807) is 0 Å². The molecular weight excluding hydrogens is 466 g/mol. The lowest BCUT2D eigenvalue weighted by Crippen LogP contribution is -2.47. The lowest BCUT2D eigenvalue weighted by Gasteiger charge is -2.24. The van der Waals surface area contributed by atoms with Gasteiger partial charge in [0.05, 0.1) is 12.6 Å². The van der Waals surface area contributed by atoms with Gasteiger partial charge >= 0.3 is 5.97 Å². The van der Waals surface area contributed by atoms with Gasteiger partial charge in [-0.05, 0) is 23.1 Å². The van der Waals surface area contributed by atoms with Crippen molar-refractivity contribution in [3.8, 4) is 11.1 Å². The van der Waals surface area contributed by atoms with Crippen molar-refractivity contribution in [2.45, 2.75) is 25.2 Å². The fraction of sp³-hybridized carbons (Fsp3) is 0.280. The molecule has 2 atom stereocenters. The molecule has 5 N–H and O–H groups in total. The summed E-state index contributed by atoms with van der Waals surface area (Å²) in [6, 6.07) is 18.6. The minimum absolute atomic E-state index is 0.0765. The third-order valence-electron chi connectivity index (χ3n) is 5.86. The molecule has 11 nitrogen and oxygen atoms in total. The summed E-state index contributed by atoms with van der Waals surface area (Å²) >= 11 is 0. The van der Waals surface area contributed by atoms with Gasteiger partial charge in [-0.3, -0.25) is 20.1 Å². The summed E-state index contributed by atoms with van der Waals surface area (Å²) in [5.74, 6) is -2.48. The molecule has 1 aromatic heterocycles. The summed E-state index contributed by atoms with van der Waals surface area (Å²) in [6.45, 7) is 0.365. The van der Waals surface area contributed by atoms with Gasteiger partial charge in [-0.2, -0.15) is 5.10 Å². The predicted octanol–water partition coefficient (Wildman–Crippen LogP) is 0.876. The van der Waals surface area contributed by atoms with E-state index in [4.69, 9.17) is 5.11 Å². The molecule has 1 unspecified atom stereocenters. The average molecular weight is 494 g/mol. The van der Waals surface area contributed by atoms with E-state index >= 15 is 0 Å². The van der Waals surface area contributed by atoms with Crippen molar-refractivity contribution < 1.29 is 29.7 Å². The van der Waals surface area contributed by atoms with Gasteiger partial charge in [-0.15, -0.1) is 0 Å². The van der Waals surface area contributed by atoms with Gasteiger partial charge in [-0.25, -0.2) is 9.80 Å². The highest BCUT2D eigenvalue weighted by molar-refractivity contribution is 5.97. The molecule has 1 fully saturated rings. The van der Waals surface area contributed by atoms with Gasteiger partial charge in [0.1, 0.15) is 5.69 Å². The normalized spacial score (nSPS) is 16.2. The molecule has 4 rings (SSSR count). The molecule has 2 amide bonds. The highest BCUT2D eigenvalue weighted by atomic mass is 16.4. The van der Waals surface area contributed by atoms with Crippen molar-refractivity contribution >= 4 is 17.8 Å². The second-order valence-electron chi connectivity index (χ2n) is 8.60. The molecule has 2 heterocycles. The molecule has 3 aromatic rings. The number of H-pyrrole nitrogens is 1. The van der Waals surface area contributed by atoms with Crippen LogP contribution in [0.4, 0.5) is 0 Å². The highest BCUT2D eigenvalue weighted by Crippen LogP contribution is 2.20. The van der Waals surface area contributed by atoms with E-state index in [1.807, 2.05) is 54.6 Å². The summed E-state index contributed by atoms with van der Waals surface area (Å²) in [5.41, 5.74) is 5.41. The fourth-order valence-electron chi connectivity index (χ4n) is 3.94. The molecule has 11 heteroatoms. The predicted molar refractivity (Wildman–Crippen MR) is 129 cm³/mol. The van der Waals surface area contributed by atoms with Crippen LogP contribution in [0.25, 0.3) is 11.1 Å². The van der Waals surface area contributed by atoms with Crippen LogP contribution in [0.5, 0.6) is 0 Å². The van der Waals surface area contributed by atoms with Gasteiger partial charge in [0.15, 0.2) is 11.8 Å². The Kier molecular flexibility index (Phi) is 7.74. The number of amides is 2. The number of hydrazine groups is 1. The minimum atomic E-state index is -1.73. The SMILES string of the molecule is O=C(NN(Cc1ccc(-c2ccccc2)cc1)C[C@@H](O)C(=O)O)c1cc(C(=O)N2CCC(O)C2)[nH]n1. The molecule has 0 spiro atoms. The number of aromatic amines is 1. The maximum Gasteiger partial charge on any atom is 0.333 e. The Morgan fingerprint density at radius 1 is 1.11 bits per heavy atom. The lowest BCUT2D eigenvalue weighted by molar-refractivity contribution is -0.148. The largest absolute Gasteiger partial charge is 0.479 e. The minimum Gasteiger partial charge on any atom is -0.479 e. The summed E-state index contributed by atoms with van der Waals surface area (Å²) < 4.78 is 0. The summed E-state index contributed by atoms with van der Waals surface area (Å²) in [6.07, 6.45) is -1.82. The zero-order chi connectivity index (χ0) is 25.7. The van der Waals surface area contributed by atoms with E-state index < -0.39 is 24.1 Å². The Hall–Kier alpha value is -4.06. The van der Waals surface area contributed by atoms with E-state index in [-0.39, 0.29) is 36.9 Å². The Morgan fingerprint density at radius 3 is 2.44 bits per heavy atom. The number of carboxylic acids is 1. The van der Waals surface area contributed by atoms with Gasteiger partial charge in [-0.1, -0.05) is 54.6 Å². The number of hydrogen-bond donors (Lipinski definition) is 5. The number of β-amino-alcohol motifs (C(OH)–C–C–N with tert-alkyl or cyclic N) is 1. The van der Waals surface area contributed by atoms with Gasteiger partial charge in [0.25, 0.3) is 11.8 Å². The van der Waals surface area contributed by atoms with E-state index in [0.29, 0.717) is 13.0 Å². The number of aliphatic hydroxyl groups is 2. The number of benzene rings is 2. The Morgan fingerprint density at radius 2 is 1.81 bits per heavy atom. The number of hydrogen-bond acceptors (Lipinski definition) is 7. The molecule has 1 saturated heterocycles. The van der Waals surface area contributed by atoms with E-state index in [0.717, 1.165) is 16.7 Å². The lowest BCUT2D eigenvalue weighted by atomic mass is 10.0. The first-order valence-corrected chi connectivity index (χ1v) is 11.4. The molecule has 188 valence electrons. The maximum absolute atomic E-state index is 12.8. The number of carbonyl (C=O) groups excluding carboxylic acids is 2. The Balaban J connectivity index is 1.44. The first kappa shape index (κ1) is 25.0. The summed E-state index contributed by atoms with van der Waals surface area (Å²) in [7, 11) is 0. The number of carboxylic acid groups (broad SMARTS) is 1. The first-order chi connectivity index (χ1) is 17.3. The molecule has 0 aliphatic carbocycles. The number of aromatic nitrogens is 2. The van der Waals surface area contributed by atoms with E-state index in [1.165, 1.54) is 16.0 Å². The van der Waals surface area contributed by atoms with Crippen molar-refractivity contribution in [2.24, 2.45) is 0 Å². The first-order valence-electron chi connectivity index (χ1n) is 11.4. The van der Waals surface area contributed by atoms with Crippen molar-refractivity contribution in [3.05, 3.63) is 77.6 Å². The number of rotatable bonds is 9. The zero-order valence-corrected chi connectivity index (χ0v) is 19.4. The van der Waals surface area contributed by atoms with E-state index in [2.05, 4.69) is 15.6 Å². The number of likely N-dealkylation sites (tertiary alicyclic amines) is 1. The number of carbonyl (C=O) groups is 3. The van der Waals surface area contributed by atoms with Crippen LogP contribution in [0.15, 0.2) is 60.7 Å². The molecule has 1 aliphatic rings. The van der Waals surface area contributed by atoms with Gasteiger partial charge in [0.2, 0.25) is 0 Å². The zero-order valence-electron chi connectivity index (χ0n) is 19.4. The standard InChI is InChI=1S/C25H27N5O6/c31-19-10-11-29(14-19)24(34)21-12-20(26-27-21)23(33)28-30(15-22(32)25(35)36)13-16-6-8-18(9-7-16)17-4-2-1-3-5-17/h1-9,12,19,22,31-32H,10-11,13-15H2,(H,26,27)(H,28,33)(H,35,36)/t19?,22-/m1/s1. The monoisotopic (exact) mass is 493 g/mol. The fourth-order valence-corrected chi connectivity index (χ4v) is 3.94. The van der Waals surface area contributed by atoms with Crippen LogP contribution in [-0.4, -0.2) is 85.1 Å². The second kappa shape index (κ2) is 11.1. The van der Waals surface area contributed by atoms with Crippen molar-refractivity contribution in [1.29, 1.82) is 0 Å². The van der Waals surface area contributed by atoms with Crippen molar-refractivity contribution in [1.82, 2.24) is 25.5 Å². The molecular formula is C25H27N5O6. The number of nitrogens with zero attached hydrogens (tertiary/aromatic N) is 3. The van der Waals surface area contributed by atoms with Crippen LogP contribution in [0.1, 0.15) is 33.0 Å². The highest BCUT2D eigenvalue weighted by Gasteiger charge is 2.28. The molecule has 1 aliphatic heterocycles. The number of aliphatic carboxylic acids is 1. The smallest absolute Gasteiger partial charge is 0.333 e. The molecule has 0 bridgehead atoms. The van der Waals surface area contributed by atoms with Crippen LogP contribution >= 0.6 is 0 Å². The van der Waals surface area contributed by atoms with Crippen LogP contribution in [0.2, 0.25) is 0 Å². The quantitative estimate of drug-likeness (QED) is 0.275. The van der Waals surface area contributed by atoms with E-state index in [9.17, 15) is 24.6 Å². The second-order valence-corrected chi connectivity index (χ2v) is 8.60. The summed E-state index contributed by atoms with van der Waals surface area (Å²) in [5, 5.41) is 36.4. The number of nitrogens with one attached hydrogen (secondary N) is 2. The Bertz CT molecular complexity index is 1210.